The van der Waals surface area contributed by atoms with Crippen molar-refractivity contribution >= 4 is 33.4 Å². The molecule has 0 aliphatic rings. The van der Waals surface area contributed by atoms with Crippen LogP contribution in [-0.2, 0) is 6.54 Å². The molecule has 2 rings (SSSR count). The monoisotopic (exact) mass is 324 g/mol. The smallest absolute Gasteiger partial charge is 0.265 e. The molecule has 0 amide bonds. The van der Waals surface area contributed by atoms with Crippen molar-refractivity contribution in [1.82, 2.24) is 4.57 Å². The molecule has 0 saturated carbocycles. The lowest BCUT2D eigenvalue weighted by atomic mass is 10.4. The minimum Gasteiger partial charge on any atom is -0.398 e. The predicted molar refractivity (Wildman–Crippen MR) is 80.0 cm³/mol. The molecule has 0 aliphatic carbocycles. The van der Waals surface area contributed by atoms with Crippen molar-refractivity contribution in [3.05, 3.63) is 57.4 Å². The summed E-state index contributed by atoms with van der Waals surface area (Å²) >= 11 is 4.93. The van der Waals surface area contributed by atoms with E-state index in [9.17, 15) is 4.79 Å². The molecular weight excluding hydrogens is 312 g/mol. The molecule has 1 aromatic heterocycles. The van der Waals surface area contributed by atoms with Crippen LogP contribution in [0.1, 0.15) is 0 Å². The summed E-state index contributed by atoms with van der Waals surface area (Å²) in [7, 11) is 0. The van der Waals surface area contributed by atoms with Crippen molar-refractivity contribution in [3.63, 3.8) is 0 Å². The Kier molecular flexibility index (Phi) is 4.49. The van der Waals surface area contributed by atoms with E-state index in [0.717, 1.165) is 5.75 Å². The van der Waals surface area contributed by atoms with Gasteiger partial charge in [0.2, 0.25) is 0 Å². The number of aromatic nitrogens is 1. The minimum absolute atomic E-state index is 0.0436. The number of benzene rings is 1. The number of hydrogen-bond donors (Lipinski definition) is 1. The molecule has 0 aliphatic heterocycles. The Bertz CT molecular complexity index is 583. The second-order valence-corrected chi connectivity index (χ2v) is 5.80. The SMILES string of the molecule is Nc1cc(Br)c(=O)n(CCSc2ccccc2)c1. The van der Waals surface area contributed by atoms with Gasteiger partial charge in [0.1, 0.15) is 0 Å². The van der Waals surface area contributed by atoms with Crippen molar-refractivity contribution in [2.75, 3.05) is 11.5 Å². The standard InChI is InChI=1S/C13H13BrN2OS/c14-12-8-10(15)9-16(13(12)17)6-7-18-11-4-2-1-3-5-11/h1-5,8-9H,6-7,15H2. The normalized spacial score (nSPS) is 10.5. The maximum Gasteiger partial charge on any atom is 0.265 e. The van der Waals surface area contributed by atoms with E-state index in [-0.39, 0.29) is 5.56 Å². The Balaban J connectivity index is 2.01. The van der Waals surface area contributed by atoms with Gasteiger partial charge in [-0.1, -0.05) is 18.2 Å². The first-order valence-corrected chi connectivity index (χ1v) is 7.28. The third kappa shape index (κ3) is 3.40. The van der Waals surface area contributed by atoms with E-state index >= 15 is 0 Å². The van der Waals surface area contributed by atoms with Gasteiger partial charge in [-0.25, -0.2) is 0 Å². The van der Waals surface area contributed by atoms with E-state index in [0.29, 0.717) is 16.7 Å². The maximum absolute atomic E-state index is 11.8. The summed E-state index contributed by atoms with van der Waals surface area (Å²) in [5.74, 6) is 0.833. The van der Waals surface area contributed by atoms with Gasteiger partial charge in [0.25, 0.3) is 5.56 Å². The van der Waals surface area contributed by atoms with Crippen molar-refractivity contribution in [3.8, 4) is 0 Å². The Morgan fingerprint density at radius 2 is 2.00 bits per heavy atom. The van der Waals surface area contributed by atoms with E-state index in [1.807, 2.05) is 18.2 Å². The maximum atomic E-state index is 11.8. The zero-order chi connectivity index (χ0) is 13.0. The summed E-state index contributed by atoms with van der Waals surface area (Å²) in [5.41, 5.74) is 6.26. The average molecular weight is 325 g/mol. The number of pyridine rings is 1. The Labute approximate surface area is 118 Å². The van der Waals surface area contributed by atoms with Gasteiger partial charge in [0.05, 0.1) is 4.47 Å². The van der Waals surface area contributed by atoms with Crippen LogP contribution in [0.25, 0.3) is 0 Å². The lowest BCUT2D eigenvalue weighted by molar-refractivity contribution is 0.733. The summed E-state index contributed by atoms with van der Waals surface area (Å²) in [5, 5.41) is 0. The second kappa shape index (κ2) is 6.11. The van der Waals surface area contributed by atoms with E-state index in [2.05, 4.69) is 28.1 Å². The molecule has 5 heteroatoms. The number of nitrogen functional groups attached to an aromatic ring is 1. The van der Waals surface area contributed by atoms with Crippen LogP contribution >= 0.6 is 27.7 Å². The molecule has 1 aromatic carbocycles. The van der Waals surface area contributed by atoms with Crippen LogP contribution in [0.4, 0.5) is 5.69 Å². The number of aryl methyl sites for hydroxylation is 1. The quantitative estimate of drug-likeness (QED) is 0.879. The number of halogens is 1. The van der Waals surface area contributed by atoms with Crippen molar-refractivity contribution in [2.45, 2.75) is 11.4 Å². The molecule has 1 heterocycles. The number of thioether (sulfide) groups is 1. The summed E-state index contributed by atoms with van der Waals surface area (Å²) in [6.07, 6.45) is 1.68. The van der Waals surface area contributed by atoms with Crippen molar-refractivity contribution in [1.29, 1.82) is 0 Å². The Morgan fingerprint density at radius 1 is 1.28 bits per heavy atom. The molecule has 2 N–H and O–H groups in total. The molecule has 18 heavy (non-hydrogen) atoms. The van der Waals surface area contributed by atoms with Gasteiger partial charge in [-0.2, -0.15) is 0 Å². The number of hydrogen-bond acceptors (Lipinski definition) is 3. The highest BCUT2D eigenvalue weighted by molar-refractivity contribution is 9.10. The molecule has 2 aromatic rings. The molecule has 94 valence electrons. The van der Waals surface area contributed by atoms with Gasteiger partial charge in [0, 0.05) is 29.1 Å². The molecule has 3 nitrogen and oxygen atoms in total. The number of rotatable bonds is 4. The van der Waals surface area contributed by atoms with Crippen molar-refractivity contribution < 1.29 is 0 Å². The highest BCUT2D eigenvalue weighted by atomic mass is 79.9. The van der Waals surface area contributed by atoms with Gasteiger partial charge in [-0.3, -0.25) is 4.79 Å². The zero-order valence-electron chi connectivity index (χ0n) is 9.67. The highest BCUT2D eigenvalue weighted by Crippen LogP contribution is 2.17. The third-order valence-electron chi connectivity index (χ3n) is 2.41. The van der Waals surface area contributed by atoms with E-state index < -0.39 is 0 Å². The minimum atomic E-state index is -0.0436. The van der Waals surface area contributed by atoms with Crippen LogP contribution in [0, 0.1) is 0 Å². The van der Waals surface area contributed by atoms with Gasteiger partial charge >= 0.3 is 0 Å². The molecule has 0 unspecified atom stereocenters. The lowest BCUT2D eigenvalue weighted by Crippen LogP contribution is -2.21. The van der Waals surface area contributed by atoms with E-state index in [1.54, 1.807) is 28.6 Å². The zero-order valence-corrected chi connectivity index (χ0v) is 12.1. The first-order chi connectivity index (χ1) is 8.66. The molecule has 0 fully saturated rings. The molecule has 0 spiro atoms. The van der Waals surface area contributed by atoms with E-state index in [1.165, 1.54) is 4.90 Å². The molecule has 0 saturated heterocycles. The second-order valence-electron chi connectivity index (χ2n) is 3.78. The average Bonchev–Trinajstić information content (AvgIpc) is 2.36. The Hall–Kier alpha value is -1.20. The van der Waals surface area contributed by atoms with Crippen LogP contribution in [0.5, 0.6) is 0 Å². The van der Waals surface area contributed by atoms with E-state index in [4.69, 9.17) is 5.73 Å². The van der Waals surface area contributed by atoms with Crippen LogP contribution in [-0.4, -0.2) is 10.3 Å². The summed E-state index contributed by atoms with van der Waals surface area (Å²) < 4.78 is 2.14. The Morgan fingerprint density at radius 3 is 2.72 bits per heavy atom. The predicted octanol–water partition coefficient (Wildman–Crippen LogP) is 2.99. The summed E-state index contributed by atoms with van der Waals surface area (Å²) in [6.45, 7) is 0.641. The van der Waals surface area contributed by atoms with Crippen LogP contribution < -0.4 is 11.3 Å². The van der Waals surface area contributed by atoms with Gasteiger partial charge in [0.15, 0.2) is 0 Å². The van der Waals surface area contributed by atoms with Gasteiger partial charge < -0.3 is 10.3 Å². The summed E-state index contributed by atoms with van der Waals surface area (Å²) in [6, 6.07) is 11.7. The number of anilines is 1. The molecule has 0 radical (unpaired) electrons. The molecular formula is C13H13BrN2OS. The summed E-state index contributed by atoms with van der Waals surface area (Å²) in [4.78, 5) is 13.0. The van der Waals surface area contributed by atoms with Crippen LogP contribution in [0.2, 0.25) is 0 Å². The largest absolute Gasteiger partial charge is 0.398 e. The van der Waals surface area contributed by atoms with Gasteiger partial charge in [-0.05, 0) is 34.1 Å². The number of nitrogens with zero attached hydrogens (tertiary/aromatic N) is 1. The fourth-order valence-electron chi connectivity index (χ4n) is 1.57. The molecule has 0 bridgehead atoms. The molecule has 0 atom stereocenters. The van der Waals surface area contributed by atoms with Gasteiger partial charge in [-0.15, -0.1) is 11.8 Å². The first kappa shape index (κ1) is 13.2. The topological polar surface area (TPSA) is 48.0 Å². The fraction of sp³-hybridized carbons (Fsp3) is 0.154. The van der Waals surface area contributed by atoms with Crippen LogP contribution in [0.15, 0.2) is 56.8 Å². The fourth-order valence-corrected chi connectivity index (χ4v) is 2.93. The van der Waals surface area contributed by atoms with Crippen LogP contribution in [0.3, 0.4) is 0 Å². The lowest BCUT2D eigenvalue weighted by Gasteiger charge is -2.07. The van der Waals surface area contributed by atoms with Crippen molar-refractivity contribution in [2.24, 2.45) is 0 Å². The highest BCUT2D eigenvalue weighted by Gasteiger charge is 2.02. The third-order valence-corrected chi connectivity index (χ3v) is 3.97. The number of nitrogens with two attached hydrogens (primary N) is 1. The first-order valence-electron chi connectivity index (χ1n) is 5.50.